The summed E-state index contributed by atoms with van der Waals surface area (Å²) in [4.78, 5) is 53.3. The predicted octanol–water partition coefficient (Wildman–Crippen LogP) is 9.80. The second kappa shape index (κ2) is 26.2. The molecule has 0 aliphatic carbocycles. The summed E-state index contributed by atoms with van der Waals surface area (Å²) in [6.07, 6.45) is 14.9. The van der Waals surface area contributed by atoms with Crippen LogP contribution in [-0.2, 0) is 55.2 Å². The molecule has 12 heteroatoms. The van der Waals surface area contributed by atoms with Crippen LogP contribution in [0.5, 0.6) is 5.75 Å². The van der Waals surface area contributed by atoms with E-state index in [-0.39, 0.29) is 18.1 Å². The third-order valence-electron chi connectivity index (χ3n) is 10.9. The number of benzene rings is 1. The number of nitrogens with one attached hydrogen (secondary N) is 1. The van der Waals surface area contributed by atoms with E-state index in [0.29, 0.717) is 63.5 Å². The zero-order valence-corrected chi connectivity index (χ0v) is 38.8. The summed E-state index contributed by atoms with van der Waals surface area (Å²) < 4.78 is 5.76. The van der Waals surface area contributed by atoms with E-state index in [4.69, 9.17) is 4.74 Å². The van der Waals surface area contributed by atoms with Crippen molar-refractivity contribution in [2.45, 2.75) is 143 Å². The number of rotatable bonds is 26. The lowest BCUT2D eigenvalue weighted by molar-refractivity contribution is -0.133. The number of amides is 2. The van der Waals surface area contributed by atoms with Crippen molar-refractivity contribution < 1.29 is 19.4 Å². The van der Waals surface area contributed by atoms with Gasteiger partial charge < -0.3 is 20.1 Å². The highest BCUT2D eigenvalue weighted by Gasteiger charge is 2.29. The first-order valence-corrected chi connectivity index (χ1v) is 23.2. The summed E-state index contributed by atoms with van der Waals surface area (Å²) in [6.45, 7) is 13.8. The van der Waals surface area contributed by atoms with Crippen LogP contribution in [0.15, 0.2) is 110 Å². The van der Waals surface area contributed by atoms with E-state index in [1.165, 1.54) is 0 Å². The van der Waals surface area contributed by atoms with E-state index >= 15 is 0 Å². The molecule has 0 radical (unpaired) electrons. The van der Waals surface area contributed by atoms with E-state index in [0.717, 1.165) is 79.7 Å². The largest absolute Gasteiger partial charge is 0.507 e. The van der Waals surface area contributed by atoms with Gasteiger partial charge in [0.2, 0.25) is 5.91 Å². The lowest BCUT2D eigenvalue weighted by atomic mass is 9.97. The number of hydrogen-bond acceptors (Lipinski definition) is 10. The number of aromatic nitrogens is 4. The van der Waals surface area contributed by atoms with Gasteiger partial charge in [-0.25, -0.2) is 4.79 Å². The van der Waals surface area contributed by atoms with Crippen LogP contribution in [0.3, 0.4) is 0 Å². The number of carbonyl (C=O) groups excluding carboxylic acids is 2. The SMILES string of the molecule is CCCCCCN(CCCCCC)C(=O)[C@H](Cc1cc(CN(Cc2ccccn2)Cc2ccccn2)c(O)c(CN(Cc2ccccn2)Cc2ccccn2)c1)NC(=O)OC(C)(C)C. The van der Waals surface area contributed by atoms with E-state index in [2.05, 4.69) is 48.9 Å². The van der Waals surface area contributed by atoms with Crippen LogP contribution < -0.4 is 5.32 Å². The fourth-order valence-electron chi connectivity index (χ4n) is 7.79. The van der Waals surface area contributed by atoms with Gasteiger partial charge in [0, 0.05) is 94.7 Å². The van der Waals surface area contributed by atoms with Crippen molar-refractivity contribution >= 4 is 12.0 Å². The normalized spacial score (nSPS) is 12.0. The van der Waals surface area contributed by atoms with Gasteiger partial charge in [0.05, 0.1) is 22.8 Å². The standard InChI is InChI=1S/C52H70N8O4/c1-6-8-10-20-30-60(31-21-11-9-7-2)50(62)48(57-51(63)64-52(3,4)5)34-41-32-42(35-58(37-44-22-12-16-26-53-44)38-45-23-13-17-27-54-45)49(61)43(33-41)36-59(39-46-24-14-18-28-55-46)40-47-25-15-19-29-56-47/h12-19,22-29,32-33,48,61H,6-11,20-21,30-31,34-40H2,1-5H3,(H,57,63)/t48-/m0/s1. The van der Waals surface area contributed by atoms with Gasteiger partial charge in [-0.3, -0.25) is 34.5 Å². The molecule has 2 amide bonds. The molecule has 0 fully saturated rings. The topological polar surface area (TPSA) is 137 Å². The van der Waals surface area contributed by atoms with Crippen LogP contribution in [0.1, 0.15) is 125 Å². The van der Waals surface area contributed by atoms with Gasteiger partial charge in [0.15, 0.2) is 0 Å². The molecule has 0 saturated carbocycles. The number of phenols is 1. The highest BCUT2D eigenvalue weighted by Crippen LogP contribution is 2.30. The lowest BCUT2D eigenvalue weighted by Gasteiger charge is -2.30. The van der Waals surface area contributed by atoms with Crippen LogP contribution in [0.2, 0.25) is 0 Å². The highest BCUT2D eigenvalue weighted by molar-refractivity contribution is 5.86. The van der Waals surface area contributed by atoms with Crippen molar-refractivity contribution in [3.05, 3.63) is 149 Å². The Bertz CT molecular complexity index is 1900. The minimum absolute atomic E-state index is 0.131. The summed E-state index contributed by atoms with van der Waals surface area (Å²) in [5.74, 6) is 0.0354. The molecule has 0 spiro atoms. The molecule has 5 rings (SSSR count). The van der Waals surface area contributed by atoms with Crippen molar-refractivity contribution in [3.8, 4) is 5.75 Å². The molecule has 5 aromatic rings. The zero-order valence-electron chi connectivity index (χ0n) is 38.8. The van der Waals surface area contributed by atoms with Gasteiger partial charge in [-0.2, -0.15) is 0 Å². The first-order chi connectivity index (χ1) is 31.0. The Balaban J connectivity index is 1.57. The van der Waals surface area contributed by atoms with Crippen LogP contribution >= 0.6 is 0 Å². The van der Waals surface area contributed by atoms with Crippen molar-refractivity contribution in [1.82, 2.24) is 40.0 Å². The Labute approximate surface area is 381 Å². The Morgan fingerprint density at radius 2 is 1.02 bits per heavy atom. The molecule has 2 N–H and O–H groups in total. The summed E-state index contributed by atoms with van der Waals surface area (Å²) in [6, 6.07) is 26.5. The molecule has 4 heterocycles. The van der Waals surface area contributed by atoms with E-state index in [1.807, 2.05) is 111 Å². The molecule has 0 aliphatic rings. The number of ether oxygens (including phenoxy) is 1. The summed E-state index contributed by atoms with van der Waals surface area (Å²) in [7, 11) is 0. The van der Waals surface area contributed by atoms with E-state index < -0.39 is 17.7 Å². The van der Waals surface area contributed by atoms with Crippen molar-refractivity contribution in [1.29, 1.82) is 0 Å². The molecule has 64 heavy (non-hydrogen) atoms. The molecule has 0 unspecified atom stereocenters. The van der Waals surface area contributed by atoms with Gasteiger partial charge in [-0.15, -0.1) is 0 Å². The maximum Gasteiger partial charge on any atom is 0.408 e. The summed E-state index contributed by atoms with van der Waals surface area (Å²) in [5.41, 5.74) is 4.97. The smallest absolute Gasteiger partial charge is 0.408 e. The van der Waals surface area contributed by atoms with Crippen molar-refractivity contribution in [2.75, 3.05) is 13.1 Å². The van der Waals surface area contributed by atoms with E-state index in [9.17, 15) is 14.7 Å². The number of alkyl carbamates (subject to hydrolysis) is 1. The molecule has 0 bridgehead atoms. The zero-order chi connectivity index (χ0) is 45.6. The average Bonchev–Trinajstić information content (AvgIpc) is 3.27. The number of nitrogens with zero attached hydrogens (tertiary/aromatic N) is 7. The fourth-order valence-corrected chi connectivity index (χ4v) is 7.79. The molecule has 0 saturated heterocycles. The molecule has 342 valence electrons. The third kappa shape index (κ3) is 17.4. The molecule has 12 nitrogen and oxygen atoms in total. The number of hydrogen-bond donors (Lipinski definition) is 2. The van der Waals surface area contributed by atoms with Crippen LogP contribution in [0.25, 0.3) is 0 Å². The van der Waals surface area contributed by atoms with Gasteiger partial charge in [-0.1, -0.05) is 88.8 Å². The Morgan fingerprint density at radius 1 is 0.609 bits per heavy atom. The van der Waals surface area contributed by atoms with Crippen LogP contribution in [-0.4, -0.2) is 76.5 Å². The van der Waals surface area contributed by atoms with Crippen LogP contribution in [0, 0.1) is 0 Å². The Hall–Kier alpha value is -5.72. The quantitative estimate of drug-likeness (QED) is 0.0517. The summed E-state index contributed by atoms with van der Waals surface area (Å²) in [5, 5.41) is 15.4. The molecular formula is C52H70N8O4. The molecule has 0 aliphatic heterocycles. The first kappa shape index (κ1) is 49.3. The number of unbranched alkanes of at least 4 members (excludes halogenated alkanes) is 6. The van der Waals surface area contributed by atoms with Crippen molar-refractivity contribution in [2.24, 2.45) is 0 Å². The monoisotopic (exact) mass is 871 g/mol. The second-order valence-electron chi connectivity index (χ2n) is 17.7. The lowest BCUT2D eigenvalue weighted by Crippen LogP contribution is -2.51. The Morgan fingerprint density at radius 3 is 1.36 bits per heavy atom. The number of phenolic OH excluding ortho intramolecular Hbond substituents is 1. The Kier molecular flexibility index (Phi) is 20.2. The second-order valence-corrected chi connectivity index (χ2v) is 17.7. The van der Waals surface area contributed by atoms with Gasteiger partial charge >= 0.3 is 6.09 Å². The molecule has 1 aromatic carbocycles. The number of pyridine rings is 4. The highest BCUT2D eigenvalue weighted by atomic mass is 16.6. The van der Waals surface area contributed by atoms with Gasteiger partial charge in [0.1, 0.15) is 17.4 Å². The maximum atomic E-state index is 14.8. The van der Waals surface area contributed by atoms with Gasteiger partial charge in [0.25, 0.3) is 0 Å². The predicted molar refractivity (Wildman–Crippen MR) is 253 cm³/mol. The maximum absolute atomic E-state index is 14.8. The van der Waals surface area contributed by atoms with E-state index in [1.54, 1.807) is 24.8 Å². The average molecular weight is 871 g/mol. The number of carbonyl (C=O) groups is 2. The minimum Gasteiger partial charge on any atom is -0.507 e. The van der Waals surface area contributed by atoms with Gasteiger partial charge in [-0.05, 0) is 87.7 Å². The minimum atomic E-state index is -0.909. The summed E-state index contributed by atoms with van der Waals surface area (Å²) >= 11 is 0. The number of aromatic hydroxyl groups is 1. The van der Waals surface area contributed by atoms with Crippen LogP contribution in [0.4, 0.5) is 4.79 Å². The molecular weight excluding hydrogens is 801 g/mol. The van der Waals surface area contributed by atoms with Crippen molar-refractivity contribution in [3.63, 3.8) is 0 Å². The molecule has 1 atom stereocenters. The third-order valence-corrected chi connectivity index (χ3v) is 10.9. The fraction of sp³-hybridized carbons (Fsp3) is 0.462. The molecule has 4 aromatic heterocycles. The first-order valence-electron chi connectivity index (χ1n) is 23.2.